The van der Waals surface area contributed by atoms with Crippen LogP contribution in [-0.4, -0.2) is 39.9 Å². The molecular formula is C11H18N2O4S. The van der Waals surface area contributed by atoms with Crippen molar-refractivity contribution in [3.8, 4) is 0 Å². The van der Waals surface area contributed by atoms with Gasteiger partial charge in [-0.1, -0.05) is 6.07 Å². The highest BCUT2D eigenvalue weighted by molar-refractivity contribution is 7.89. The molecule has 102 valence electrons. The third kappa shape index (κ3) is 3.95. The van der Waals surface area contributed by atoms with E-state index < -0.39 is 10.0 Å². The number of anilines is 1. The van der Waals surface area contributed by atoms with E-state index in [0.29, 0.717) is 11.3 Å². The first kappa shape index (κ1) is 14.9. The van der Waals surface area contributed by atoms with Crippen molar-refractivity contribution in [1.82, 2.24) is 4.72 Å². The summed E-state index contributed by atoms with van der Waals surface area (Å²) in [6.45, 7) is 2.13. The Morgan fingerprint density at radius 1 is 1.39 bits per heavy atom. The second-order valence-electron chi connectivity index (χ2n) is 3.70. The summed E-state index contributed by atoms with van der Waals surface area (Å²) < 4.78 is 31.3. The smallest absolute Gasteiger partial charge is 0.240 e. The first-order valence-electron chi connectivity index (χ1n) is 5.52. The largest absolute Gasteiger partial charge is 0.398 e. The molecule has 0 aliphatic rings. The lowest BCUT2D eigenvalue weighted by molar-refractivity contribution is 0.0961. The number of aliphatic hydroxyl groups excluding tert-OH is 1. The van der Waals surface area contributed by atoms with Crippen molar-refractivity contribution >= 4 is 15.7 Å². The fraction of sp³-hybridized carbons (Fsp3) is 0.455. The van der Waals surface area contributed by atoms with Gasteiger partial charge in [0.05, 0.1) is 24.7 Å². The molecule has 1 rings (SSSR count). The van der Waals surface area contributed by atoms with Crippen LogP contribution in [0, 0.1) is 6.92 Å². The van der Waals surface area contributed by atoms with Crippen molar-refractivity contribution < 1.29 is 18.3 Å². The summed E-state index contributed by atoms with van der Waals surface area (Å²) in [5, 5.41) is 8.49. The van der Waals surface area contributed by atoms with Gasteiger partial charge in [0.1, 0.15) is 0 Å². The van der Waals surface area contributed by atoms with Crippen LogP contribution in [0.4, 0.5) is 5.69 Å². The predicted molar refractivity (Wildman–Crippen MR) is 68.7 cm³/mol. The van der Waals surface area contributed by atoms with E-state index >= 15 is 0 Å². The summed E-state index contributed by atoms with van der Waals surface area (Å²) in [7, 11) is -3.57. The van der Waals surface area contributed by atoms with Crippen LogP contribution in [0.15, 0.2) is 23.1 Å². The van der Waals surface area contributed by atoms with Crippen LogP contribution in [0.3, 0.4) is 0 Å². The van der Waals surface area contributed by atoms with Gasteiger partial charge in [-0.3, -0.25) is 0 Å². The standard InChI is InChI=1S/C11H18N2O4S/c1-9-10(12)3-2-4-11(9)18(15,16)13-5-7-17-8-6-14/h2-4,13-14H,5-8,12H2,1H3. The molecule has 1 aromatic carbocycles. The fourth-order valence-electron chi connectivity index (χ4n) is 1.42. The quantitative estimate of drug-likeness (QED) is 0.474. The third-order valence-electron chi connectivity index (χ3n) is 2.39. The van der Waals surface area contributed by atoms with Crippen molar-refractivity contribution in [3.05, 3.63) is 23.8 Å². The number of hydrogen-bond donors (Lipinski definition) is 3. The van der Waals surface area contributed by atoms with Crippen LogP contribution in [0.5, 0.6) is 0 Å². The summed E-state index contributed by atoms with van der Waals surface area (Å²) in [6, 6.07) is 4.75. The summed E-state index contributed by atoms with van der Waals surface area (Å²) in [5.41, 5.74) is 6.64. The predicted octanol–water partition coefficient (Wildman–Crippen LogP) is -0.136. The molecule has 0 saturated heterocycles. The van der Waals surface area contributed by atoms with Gasteiger partial charge >= 0.3 is 0 Å². The molecule has 0 heterocycles. The highest BCUT2D eigenvalue weighted by Gasteiger charge is 2.16. The number of ether oxygens (including phenoxy) is 1. The van der Waals surface area contributed by atoms with Crippen LogP contribution in [0.25, 0.3) is 0 Å². The van der Waals surface area contributed by atoms with Gasteiger partial charge in [0, 0.05) is 12.2 Å². The van der Waals surface area contributed by atoms with Gasteiger partial charge in [0.2, 0.25) is 10.0 Å². The zero-order valence-corrected chi connectivity index (χ0v) is 11.0. The number of benzene rings is 1. The van der Waals surface area contributed by atoms with Gasteiger partial charge in [0.25, 0.3) is 0 Å². The van der Waals surface area contributed by atoms with Crippen molar-refractivity contribution in [2.75, 3.05) is 32.1 Å². The Morgan fingerprint density at radius 2 is 2.11 bits per heavy atom. The first-order chi connectivity index (χ1) is 8.49. The molecule has 0 aromatic heterocycles. The van der Waals surface area contributed by atoms with Crippen LogP contribution >= 0.6 is 0 Å². The minimum Gasteiger partial charge on any atom is -0.398 e. The second kappa shape index (κ2) is 6.69. The molecule has 0 spiro atoms. The molecule has 0 unspecified atom stereocenters. The van der Waals surface area contributed by atoms with E-state index in [1.54, 1.807) is 19.1 Å². The SMILES string of the molecule is Cc1c(N)cccc1S(=O)(=O)NCCOCCO. The van der Waals surface area contributed by atoms with E-state index in [-0.39, 0.29) is 31.3 Å². The number of nitrogen functional groups attached to an aromatic ring is 1. The number of nitrogens with one attached hydrogen (secondary N) is 1. The number of aliphatic hydroxyl groups is 1. The van der Waals surface area contributed by atoms with Crippen molar-refractivity contribution in [2.24, 2.45) is 0 Å². The average molecular weight is 274 g/mol. The molecule has 0 bridgehead atoms. The maximum Gasteiger partial charge on any atom is 0.240 e. The normalized spacial score (nSPS) is 11.7. The molecule has 6 nitrogen and oxygen atoms in total. The Balaban J connectivity index is 2.66. The first-order valence-corrected chi connectivity index (χ1v) is 7.00. The Bertz CT molecular complexity index is 488. The third-order valence-corrected chi connectivity index (χ3v) is 4.00. The van der Waals surface area contributed by atoms with Crippen LogP contribution in [0.1, 0.15) is 5.56 Å². The van der Waals surface area contributed by atoms with Crippen LogP contribution in [-0.2, 0) is 14.8 Å². The second-order valence-corrected chi connectivity index (χ2v) is 5.44. The van der Waals surface area contributed by atoms with Gasteiger partial charge < -0.3 is 15.6 Å². The summed E-state index contributed by atoms with van der Waals surface area (Å²) >= 11 is 0. The van der Waals surface area contributed by atoms with Crippen LogP contribution < -0.4 is 10.5 Å². The maximum absolute atomic E-state index is 12.0. The van der Waals surface area contributed by atoms with E-state index in [4.69, 9.17) is 15.6 Å². The average Bonchev–Trinajstić information content (AvgIpc) is 2.32. The van der Waals surface area contributed by atoms with E-state index in [0.717, 1.165) is 0 Å². The molecule has 0 fully saturated rings. The minimum absolute atomic E-state index is 0.0823. The van der Waals surface area contributed by atoms with E-state index in [1.165, 1.54) is 6.07 Å². The minimum atomic E-state index is -3.57. The van der Waals surface area contributed by atoms with Gasteiger partial charge in [-0.15, -0.1) is 0 Å². The highest BCUT2D eigenvalue weighted by atomic mass is 32.2. The molecule has 18 heavy (non-hydrogen) atoms. The summed E-state index contributed by atoms with van der Waals surface area (Å²) in [5.74, 6) is 0. The van der Waals surface area contributed by atoms with E-state index in [2.05, 4.69) is 4.72 Å². The van der Waals surface area contributed by atoms with Gasteiger partial charge in [0.15, 0.2) is 0 Å². The Morgan fingerprint density at radius 3 is 2.78 bits per heavy atom. The molecule has 1 aromatic rings. The van der Waals surface area contributed by atoms with Crippen molar-refractivity contribution in [2.45, 2.75) is 11.8 Å². The molecule has 0 amide bonds. The van der Waals surface area contributed by atoms with Crippen LogP contribution in [0.2, 0.25) is 0 Å². The summed E-state index contributed by atoms with van der Waals surface area (Å²) in [6.07, 6.45) is 0. The molecule has 4 N–H and O–H groups in total. The fourth-order valence-corrected chi connectivity index (χ4v) is 2.70. The highest BCUT2D eigenvalue weighted by Crippen LogP contribution is 2.19. The van der Waals surface area contributed by atoms with E-state index in [1.807, 2.05) is 0 Å². The van der Waals surface area contributed by atoms with Crippen molar-refractivity contribution in [3.63, 3.8) is 0 Å². The molecular weight excluding hydrogens is 256 g/mol. The Labute approximate surface area is 107 Å². The zero-order chi connectivity index (χ0) is 13.6. The zero-order valence-electron chi connectivity index (χ0n) is 10.2. The number of hydrogen-bond acceptors (Lipinski definition) is 5. The monoisotopic (exact) mass is 274 g/mol. The van der Waals surface area contributed by atoms with Gasteiger partial charge in [-0.25, -0.2) is 13.1 Å². The topological polar surface area (TPSA) is 102 Å². The van der Waals surface area contributed by atoms with E-state index in [9.17, 15) is 8.42 Å². The van der Waals surface area contributed by atoms with Gasteiger partial charge in [-0.2, -0.15) is 0 Å². The lowest BCUT2D eigenvalue weighted by atomic mass is 10.2. The number of nitrogens with two attached hydrogens (primary N) is 1. The molecule has 0 aliphatic carbocycles. The van der Waals surface area contributed by atoms with Crippen molar-refractivity contribution in [1.29, 1.82) is 0 Å². The number of rotatable bonds is 7. The molecule has 0 saturated carbocycles. The molecule has 7 heteroatoms. The lowest BCUT2D eigenvalue weighted by Crippen LogP contribution is -2.28. The van der Waals surface area contributed by atoms with Gasteiger partial charge in [-0.05, 0) is 24.6 Å². The Kier molecular flexibility index (Phi) is 5.54. The Hall–Kier alpha value is -1.15. The lowest BCUT2D eigenvalue weighted by Gasteiger charge is -2.10. The molecule has 0 atom stereocenters. The summed E-state index contributed by atoms with van der Waals surface area (Å²) in [4.78, 5) is 0.171. The maximum atomic E-state index is 12.0. The number of sulfonamides is 1. The molecule has 0 aliphatic heterocycles. The molecule has 0 radical (unpaired) electrons.